The maximum absolute atomic E-state index is 12.1. The van der Waals surface area contributed by atoms with Crippen LogP contribution in [0.15, 0.2) is 36.7 Å². The number of aryl methyl sites for hydroxylation is 1. The molecule has 0 aliphatic heterocycles. The van der Waals surface area contributed by atoms with Crippen LogP contribution in [0.3, 0.4) is 0 Å². The molecule has 1 aromatic carbocycles. The maximum Gasteiger partial charge on any atom is 0.256 e. The SMILES string of the molecule is COc1cc(C)c(NC(=O)c2cc[n+]([O-])cc2)cc1OC. The van der Waals surface area contributed by atoms with Gasteiger partial charge in [-0.05, 0) is 18.6 Å². The van der Waals surface area contributed by atoms with Gasteiger partial charge in [-0.1, -0.05) is 0 Å². The predicted molar refractivity (Wildman–Crippen MR) is 77.6 cm³/mol. The molecular formula is C15H16N2O4. The van der Waals surface area contributed by atoms with Crippen LogP contribution in [-0.4, -0.2) is 20.1 Å². The number of aromatic nitrogens is 1. The fourth-order valence-corrected chi connectivity index (χ4v) is 1.87. The van der Waals surface area contributed by atoms with Gasteiger partial charge in [-0.3, -0.25) is 4.79 Å². The lowest BCUT2D eigenvalue weighted by Crippen LogP contribution is -2.25. The lowest BCUT2D eigenvalue weighted by atomic mass is 10.1. The molecule has 0 aliphatic rings. The Kier molecular flexibility index (Phi) is 4.27. The van der Waals surface area contributed by atoms with Crippen molar-refractivity contribution in [2.45, 2.75) is 6.92 Å². The molecule has 0 saturated heterocycles. The highest BCUT2D eigenvalue weighted by molar-refractivity contribution is 6.04. The molecule has 0 atom stereocenters. The van der Waals surface area contributed by atoms with E-state index in [0.29, 0.717) is 27.5 Å². The number of pyridine rings is 1. The smallest absolute Gasteiger partial charge is 0.256 e. The zero-order valence-corrected chi connectivity index (χ0v) is 12.0. The second kappa shape index (κ2) is 6.13. The van der Waals surface area contributed by atoms with Crippen LogP contribution in [0.5, 0.6) is 11.5 Å². The number of hydrogen-bond acceptors (Lipinski definition) is 4. The van der Waals surface area contributed by atoms with Crippen LogP contribution in [0.1, 0.15) is 15.9 Å². The molecule has 0 radical (unpaired) electrons. The third kappa shape index (κ3) is 3.22. The van der Waals surface area contributed by atoms with E-state index in [-0.39, 0.29) is 5.91 Å². The van der Waals surface area contributed by atoms with Crippen LogP contribution in [0.4, 0.5) is 5.69 Å². The second-order valence-corrected chi connectivity index (χ2v) is 4.42. The second-order valence-electron chi connectivity index (χ2n) is 4.42. The number of amides is 1. The summed E-state index contributed by atoms with van der Waals surface area (Å²) in [5, 5.41) is 13.8. The van der Waals surface area contributed by atoms with Crippen LogP contribution in [-0.2, 0) is 0 Å². The van der Waals surface area contributed by atoms with Gasteiger partial charge in [-0.25, -0.2) is 0 Å². The number of methoxy groups -OCH3 is 2. The predicted octanol–water partition coefficient (Wildman–Crippen LogP) is 1.90. The van der Waals surface area contributed by atoms with Crippen molar-refractivity contribution in [1.29, 1.82) is 0 Å². The van der Waals surface area contributed by atoms with Crippen molar-refractivity contribution in [2.24, 2.45) is 0 Å². The van der Waals surface area contributed by atoms with Crippen LogP contribution in [0.2, 0.25) is 0 Å². The summed E-state index contributed by atoms with van der Waals surface area (Å²) in [5.74, 6) is 0.829. The summed E-state index contributed by atoms with van der Waals surface area (Å²) in [4.78, 5) is 12.1. The van der Waals surface area contributed by atoms with Crippen molar-refractivity contribution < 1.29 is 19.0 Å². The molecule has 0 spiro atoms. The zero-order valence-electron chi connectivity index (χ0n) is 12.0. The Labute approximate surface area is 122 Å². The third-order valence-corrected chi connectivity index (χ3v) is 3.04. The lowest BCUT2D eigenvalue weighted by Gasteiger charge is -2.13. The Morgan fingerprint density at radius 1 is 1.14 bits per heavy atom. The number of ether oxygens (including phenoxy) is 2. The maximum atomic E-state index is 12.1. The van der Waals surface area contributed by atoms with Crippen molar-refractivity contribution in [3.05, 3.63) is 53.0 Å². The standard InChI is InChI=1S/C15H16N2O4/c1-10-8-13(20-2)14(21-3)9-12(10)16-15(18)11-4-6-17(19)7-5-11/h4-9H,1-3H3,(H,16,18). The molecule has 110 valence electrons. The van der Waals surface area contributed by atoms with Crippen molar-refractivity contribution in [1.82, 2.24) is 0 Å². The van der Waals surface area contributed by atoms with Crippen LogP contribution in [0, 0.1) is 12.1 Å². The Hall–Kier alpha value is -2.76. The summed E-state index contributed by atoms with van der Waals surface area (Å²) in [6.07, 6.45) is 2.55. The van der Waals surface area contributed by atoms with Crippen LogP contribution < -0.4 is 19.5 Å². The van der Waals surface area contributed by atoms with Gasteiger partial charge in [0.25, 0.3) is 5.91 Å². The number of anilines is 1. The molecule has 0 unspecified atom stereocenters. The van der Waals surface area contributed by atoms with Crippen molar-refractivity contribution in [3.8, 4) is 11.5 Å². The van der Waals surface area contributed by atoms with E-state index in [2.05, 4.69) is 5.32 Å². The van der Waals surface area contributed by atoms with Crippen LogP contribution >= 0.6 is 0 Å². The molecule has 2 rings (SSSR count). The van der Waals surface area contributed by atoms with E-state index in [0.717, 1.165) is 5.56 Å². The molecule has 6 heteroatoms. The highest BCUT2D eigenvalue weighted by Crippen LogP contribution is 2.33. The molecule has 21 heavy (non-hydrogen) atoms. The van der Waals surface area contributed by atoms with Crippen LogP contribution in [0.25, 0.3) is 0 Å². The number of nitrogens with zero attached hydrogens (tertiary/aromatic N) is 1. The molecule has 2 aromatic rings. The first-order chi connectivity index (χ1) is 10.0. The summed E-state index contributed by atoms with van der Waals surface area (Å²) >= 11 is 0. The average molecular weight is 288 g/mol. The highest BCUT2D eigenvalue weighted by atomic mass is 16.5. The molecule has 0 saturated carbocycles. The van der Waals surface area contributed by atoms with Gasteiger partial charge in [-0.2, -0.15) is 4.73 Å². The fourth-order valence-electron chi connectivity index (χ4n) is 1.87. The third-order valence-electron chi connectivity index (χ3n) is 3.04. The molecule has 6 nitrogen and oxygen atoms in total. The summed E-state index contributed by atoms with van der Waals surface area (Å²) in [6.45, 7) is 1.86. The Balaban J connectivity index is 2.26. The Morgan fingerprint density at radius 2 is 1.71 bits per heavy atom. The minimum Gasteiger partial charge on any atom is -0.619 e. The van der Waals surface area contributed by atoms with Gasteiger partial charge in [0.1, 0.15) is 0 Å². The molecule has 1 N–H and O–H groups in total. The minimum absolute atomic E-state index is 0.300. The van der Waals surface area contributed by atoms with Gasteiger partial charge in [0.15, 0.2) is 23.9 Å². The topological polar surface area (TPSA) is 74.5 Å². The number of carbonyl (C=O) groups is 1. The molecule has 1 amide bonds. The molecular weight excluding hydrogens is 272 g/mol. The molecule has 0 aliphatic carbocycles. The van der Waals surface area contributed by atoms with Crippen molar-refractivity contribution in [2.75, 3.05) is 19.5 Å². The van der Waals surface area contributed by atoms with E-state index < -0.39 is 0 Å². The van der Waals surface area contributed by atoms with E-state index in [1.54, 1.807) is 19.2 Å². The summed E-state index contributed by atoms with van der Waals surface area (Å²) in [6, 6.07) is 6.39. The first-order valence-electron chi connectivity index (χ1n) is 6.28. The average Bonchev–Trinajstić information content (AvgIpc) is 2.49. The van der Waals surface area contributed by atoms with Crippen molar-refractivity contribution in [3.63, 3.8) is 0 Å². The minimum atomic E-state index is -0.300. The fraction of sp³-hybridized carbons (Fsp3) is 0.200. The molecule has 1 heterocycles. The monoisotopic (exact) mass is 288 g/mol. The summed E-state index contributed by atoms with van der Waals surface area (Å²) < 4.78 is 11.0. The Bertz CT molecular complexity index is 653. The Morgan fingerprint density at radius 3 is 2.29 bits per heavy atom. The van der Waals surface area contributed by atoms with Gasteiger partial charge >= 0.3 is 0 Å². The van der Waals surface area contributed by atoms with E-state index >= 15 is 0 Å². The number of carbonyl (C=O) groups excluding carboxylic acids is 1. The van der Waals surface area contributed by atoms with Gasteiger partial charge in [0.2, 0.25) is 0 Å². The quantitative estimate of drug-likeness (QED) is 0.688. The zero-order chi connectivity index (χ0) is 15.4. The first kappa shape index (κ1) is 14.6. The lowest BCUT2D eigenvalue weighted by molar-refractivity contribution is -0.605. The largest absolute Gasteiger partial charge is 0.619 e. The summed E-state index contributed by atoms with van der Waals surface area (Å²) in [5.41, 5.74) is 1.86. The number of rotatable bonds is 4. The van der Waals surface area contributed by atoms with Gasteiger partial charge in [0.05, 0.1) is 19.8 Å². The number of nitrogens with one attached hydrogen (secondary N) is 1. The summed E-state index contributed by atoms with van der Waals surface area (Å²) in [7, 11) is 3.08. The van der Waals surface area contributed by atoms with E-state index in [9.17, 15) is 10.0 Å². The van der Waals surface area contributed by atoms with E-state index in [4.69, 9.17) is 9.47 Å². The molecule has 0 bridgehead atoms. The van der Waals surface area contributed by atoms with Crippen molar-refractivity contribution >= 4 is 11.6 Å². The van der Waals surface area contributed by atoms with Gasteiger partial charge in [0, 0.05) is 23.9 Å². The highest BCUT2D eigenvalue weighted by Gasteiger charge is 2.12. The normalized spacial score (nSPS) is 10.0. The van der Waals surface area contributed by atoms with Gasteiger partial charge in [-0.15, -0.1) is 0 Å². The number of hydrogen-bond donors (Lipinski definition) is 1. The van der Waals surface area contributed by atoms with Gasteiger partial charge < -0.3 is 20.0 Å². The number of benzene rings is 1. The van der Waals surface area contributed by atoms with E-state index in [1.165, 1.54) is 31.6 Å². The molecule has 1 aromatic heterocycles. The van der Waals surface area contributed by atoms with E-state index in [1.807, 2.05) is 6.92 Å². The first-order valence-corrected chi connectivity index (χ1v) is 6.28. The molecule has 0 fully saturated rings.